The van der Waals surface area contributed by atoms with Gasteiger partial charge in [0.25, 0.3) is 0 Å². The molecule has 0 fully saturated rings. The van der Waals surface area contributed by atoms with Crippen molar-refractivity contribution in [3.8, 4) is 0 Å². The second-order valence-corrected chi connectivity index (χ2v) is 5.44. The van der Waals surface area contributed by atoms with Crippen molar-refractivity contribution in [3.63, 3.8) is 0 Å². The summed E-state index contributed by atoms with van der Waals surface area (Å²) in [5, 5.41) is 2.63. The molecule has 20 heavy (non-hydrogen) atoms. The quantitative estimate of drug-likeness (QED) is 0.811. The zero-order chi connectivity index (χ0) is 15.2. The Hall–Kier alpha value is -1.82. The van der Waals surface area contributed by atoms with E-state index in [1.807, 2.05) is 0 Å². The van der Waals surface area contributed by atoms with Crippen LogP contribution in [0.3, 0.4) is 0 Å². The average molecular weight is 283 g/mol. The predicted molar refractivity (Wildman–Crippen MR) is 72.7 cm³/mol. The molecule has 1 aromatic rings. The average Bonchev–Trinajstić information content (AvgIpc) is 2.79. The van der Waals surface area contributed by atoms with Gasteiger partial charge in [-0.1, -0.05) is 0 Å². The number of hydrogen-bond donors (Lipinski definition) is 1. The number of furan rings is 1. The highest BCUT2D eigenvalue weighted by Gasteiger charge is 2.22. The molecule has 0 saturated heterocycles. The normalized spacial score (nSPS) is 12.8. The lowest BCUT2D eigenvalue weighted by atomic mass is 10.1. The van der Waals surface area contributed by atoms with Gasteiger partial charge in [0, 0.05) is 13.5 Å². The Morgan fingerprint density at radius 1 is 1.40 bits per heavy atom. The molecule has 1 aromatic heterocycles. The second-order valence-electron chi connectivity index (χ2n) is 5.44. The monoisotopic (exact) mass is 283 g/mol. The van der Waals surface area contributed by atoms with Gasteiger partial charge in [0.05, 0.1) is 24.5 Å². The molecule has 1 amide bonds. The Balaban J connectivity index is 2.56. The largest absolute Gasteiger partial charge is 0.472 e. The number of amides is 1. The summed E-state index contributed by atoms with van der Waals surface area (Å²) in [6, 6.07) is 1.14. The fourth-order valence-corrected chi connectivity index (χ4v) is 1.59. The van der Waals surface area contributed by atoms with Crippen LogP contribution in [0.4, 0.5) is 4.79 Å². The summed E-state index contributed by atoms with van der Waals surface area (Å²) in [5.41, 5.74) is -0.118. The van der Waals surface area contributed by atoms with Gasteiger partial charge in [-0.05, 0) is 26.8 Å². The van der Waals surface area contributed by atoms with E-state index < -0.39 is 17.7 Å². The van der Waals surface area contributed by atoms with Crippen molar-refractivity contribution < 1.29 is 23.5 Å². The van der Waals surface area contributed by atoms with E-state index in [1.165, 1.54) is 19.6 Å². The molecule has 0 radical (unpaired) electrons. The van der Waals surface area contributed by atoms with E-state index in [0.29, 0.717) is 5.56 Å². The van der Waals surface area contributed by atoms with E-state index in [-0.39, 0.29) is 18.8 Å². The molecule has 0 bridgehead atoms. The van der Waals surface area contributed by atoms with Crippen molar-refractivity contribution >= 4 is 11.9 Å². The topological polar surface area (TPSA) is 77.8 Å². The van der Waals surface area contributed by atoms with E-state index in [9.17, 15) is 9.59 Å². The Bertz CT molecular complexity index is 433. The Labute approximate surface area is 118 Å². The van der Waals surface area contributed by atoms with Crippen molar-refractivity contribution in [2.75, 3.05) is 13.7 Å². The van der Waals surface area contributed by atoms with E-state index in [4.69, 9.17) is 13.9 Å². The van der Waals surface area contributed by atoms with Gasteiger partial charge < -0.3 is 19.2 Å². The zero-order valence-corrected chi connectivity index (χ0v) is 12.3. The molecule has 6 nitrogen and oxygen atoms in total. The maximum atomic E-state index is 12.0. The fourth-order valence-electron chi connectivity index (χ4n) is 1.59. The minimum atomic E-state index is -0.587. The number of carbonyl (C=O) groups excluding carboxylic acids is 2. The number of hydrogen-bond acceptors (Lipinski definition) is 5. The first-order valence-corrected chi connectivity index (χ1v) is 6.35. The van der Waals surface area contributed by atoms with Crippen molar-refractivity contribution in [3.05, 3.63) is 24.2 Å². The summed E-state index contributed by atoms with van der Waals surface area (Å²) in [5.74, 6) is -0.128. The number of methoxy groups -OCH3 is 1. The van der Waals surface area contributed by atoms with Gasteiger partial charge in [0.15, 0.2) is 5.78 Å². The number of ketones is 1. The number of carbonyl (C=O) groups is 2. The lowest BCUT2D eigenvalue weighted by molar-refractivity contribution is 0.0464. The molecular formula is C14H21NO5. The molecule has 1 N–H and O–H groups in total. The van der Waals surface area contributed by atoms with Crippen LogP contribution in [0.15, 0.2) is 23.0 Å². The predicted octanol–water partition coefficient (Wildman–Crippen LogP) is 2.39. The van der Waals surface area contributed by atoms with Crippen molar-refractivity contribution in [1.29, 1.82) is 0 Å². The molecule has 112 valence electrons. The number of rotatable bonds is 6. The third kappa shape index (κ3) is 5.88. The maximum absolute atomic E-state index is 12.0. The molecule has 6 heteroatoms. The molecule has 0 saturated carbocycles. The first-order valence-electron chi connectivity index (χ1n) is 6.35. The molecule has 0 aliphatic carbocycles. The molecule has 0 spiro atoms. The number of nitrogens with one attached hydrogen (secondary N) is 1. The van der Waals surface area contributed by atoms with Gasteiger partial charge in [0.1, 0.15) is 11.9 Å². The highest BCUT2D eigenvalue weighted by atomic mass is 16.6. The van der Waals surface area contributed by atoms with Crippen LogP contribution in [-0.2, 0) is 9.47 Å². The van der Waals surface area contributed by atoms with Gasteiger partial charge >= 0.3 is 6.09 Å². The molecule has 0 aromatic carbocycles. The second kappa shape index (κ2) is 7.09. The van der Waals surface area contributed by atoms with Crippen molar-refractivity contribution in [2.45, 2.75) is 38.8 Å². The minimum absolute atomic E-state index is 0.118. The van der Waals surface area contributed by atoms with Crippen LogP contribution in [-0.4, -0.2) is 37.2 Å². The Kier molecular flexibility index (Phi) is 5.76. The zero-order valence-electron chi connectivity index (χ0n) is 12.3. The van der Waals surface area contributed by atoms with Gasteiger partial charge in [-0.3, -0.25) is 4.79 Å². The van der Waals surface area contributed by atoms with Crippen LogP contribution in [0, 0.1) is 0 Å². The van der Waals surface area contributed by atoms with Crippen LogP contribution in [0.2, 0.25) is 0 Å². The van der Waals surface area contributed by atoms with Crippen molar-refractivity contribution in [2.24, 2.45) is 0 Å². The number of ether oxygens (including phenoxy) is 2. The maximum Gasteiger partial charge on any atom is 0.407 e. The third-order valence-corrected chi connectivity index (χ3v) is 2.36. The van der Waals surface area contributed by atoms with E-state index in [0.717, 1.165) is 0 Å². The van der Waals surface area contributed by atoms with Gasteiger partial charge in [-0.25, -0.2) is 4.79 Å². The van der Waals surface area contributed by atoms with Crippen LogP contribution in [0.25, 0.3) is 0 Å². The lowest BCUT2D eigenvalue weighted by Gasteiger charge is -2.23. The molecule has 1 unspecified atom stereocenters. The molecule has 0 aliphatic rings. The summed E-state index contributed by atoms with van der Waals surface area (Å²) < 4.78 is 15.0. The highest BCUT2D eigenvalue weighted by Crippen LogP contribution is 2.09. The van der Waals surface area contributed by atoms with Gasteiger partial charge in [-0.15, -0.1) is 0 Å². The van der Waals surface area contributed by atoms with Crippen LogP contribution in [0.1, 0.15) is 37.6 Å². The first-order chi connectivity index (χ1) is 9.31. The van der Waals surface area contributed by atoms with E-state index in [1.54, 1.807) is 26.8 Å². The molecule has 1 atom stereocenters. The third-order valence-electron chi connectivity index (χ3n) is 2.36. The number of alkyl carbamates (subject to hydrolysis) is 1. The fraction of sp³-hybridized carbons (Fsp3) is 0.571. The summed E-state index contributed by atoms with van der Waals surface area (Å²) in [7, 11) is 1.51. The number of Topliss-reactive ketones (excluding diaryl/α,β-unsaturated/α-hetero) is 1. The molecule has 1 rings (SSSR count). The summed E-state index contributed by atoms with van der Waals surface area (Å²) in [6.45, 7) is 5.54. The molecular weight excluding hydrogens is 262 g/mol. The Morgan fingerprint density at radius 3 is 2.60 bits per heavy atom. The molecule has 1 heterocycles. The van der Waals surface area contributed by atoms with Gasteiger partial charge in [-0.2, -0.15) is 0 Å². The highest BCUT2D eigenvalue weighted by molar-refractivity contribution is 5.96. The first kappa shape index (κ1) is 16.2. The van der Waals surface area contributed by atoms with E-state index in [2.05, 4.69) is 5.32 Å². The van der Waals surface area contributed by atoms with Crippen molar-refractivity contribution in [1.82, 2.24) is 5.32 Å². The summed E-state index contributed by atoms with van der Waals surface area (Å²) in [6.07, 6.45) is 2.35. The van der Waals surface area contributed by atoms with Gasteiger partial charge in [0.2, 0.25) is 0 Å². The van der Waals surface area contributed by atoms with Crippen LogP contribution < -0.4 is 5.32 Å². The Morgan fingerprint density at radius 2 is 2.10 bits per heavy atom. The SMILES string of the molecule is COCC(CC(=O)c1ccoc1)NC(=O)OC(C)(C)C. The van der Waals surface area contributed by atoms with Crippen LogP contribution >= 0.6 is 0 Å². The smallest absolute Gasteiger partial charge is 0.407 e. The molecule has 0 aliphatic heterocycles. The van der Waals surface area contributed by atoms with Crippen LogP contribution in [0.5, 0.6) is 0 Å². The van der Waals surface area contributed by atoms with E-state index >= 15 is 0 Å². The summed E-state index contributed by atoms with van der Waals surface area (Å²) in [4.78, 5) is 23.6. The summed E-state index contributed by atoms with van der Waals surface area (Å²) >= 11 is 0. The minimum Gasteiger partial charge on any atom is -0.472 e. The lowest BCUT2D eigenvalue weighted by Crippen LogP contribution is -2.42. The standard InChI is InChI=1S/C14H21NO5/c1-14(2,3)20-13(17)15-11(9-18-4)7-12(16)10-5-6-19-8-10/h5-6,8,11H,7,9H2,1-4H3,(H,15,17).